The van der Waals surface area contributed by atoms with Crippen molar-refractivity contribution in [2.45, 2.75) is 33.2 Å². The summed E-state index contributed by atoms with van der Waals surface area (Å²) in [4.78, 5) is 9.03. The lowest BCUT2D eigenvalue weighted by Gasteiger charge is -2.28. The maximum absolute atomic E-state index is 4.79. The van der Waals surface area contributed by atoms with Crippen molar-refractivity contribution in [3.63, 3.8) is 0 Å². The first-order valence-corrected chi connectivity index (χ1v) is 5.60. The molecule has 1 aliphatic carbocycles. The summed E-state index contributed by atoms with van der Waals surface area (Å²) in [5, 5.41) is 0. The standard InChI is InChI=1S/C14H18N2/c1-9-6-11(15-5)7-12-10(2)8-14(3,4)16-13(9)12/h6-8H,1-5H3. The molecule has 0 aromatic heterocycles. The van der Waals surface area contributed by atoms with Crippen LogP contribution in [0.5, 0.6) is 0 Å². The van der Waals surface area contributed by atoms with Gasteiger partial charge in [-0.15, -0.1) is 0 Å². The number of dihydropyridines is 1. The minimum Gasteiger partial charge on any atom is -0.289 e. The van der Waals surface area contributed by atoms with Gasteiger partial charge in [0.25, 0.3) is 0 Å². The van der Waals surface area contributed by atoms with Gasteiger partial charge in [0.15, 0.2) is 0 Å². The van der Waals surface area contributed by atoms with Gasteiger partial charge in [0, 0.05) is 12.6 Å². The fourth-order valence-corrected chi connectivity index (χ4v) is 2.27. The van der Waals surface area contributed by atoms with Crippen molar-refractivity contribution < 1.29 is 0 Å². The number of fused-ring (bicyclic) bond motifs is 1. The van der Waals surface area contributed by atoms with Crippen molar-refractivity contribution in [3.05, 3.63) is 34.9 Å². The number of hydrogen-bond acceptors (Lipinski definition) is 2. The summed E-state index contributed by atoms with van der Waals surface area (Å²) < 4.78 is 0. The van der Waals surface area contributed by atoms with Crippen molar-refractivity contribution in [1.82, 2.24) is 0 Å². The van der Waals surface area contributed by atoms with E-state index in [0.717, 1.165) is 11.4 Å². The zero-order valence-electron chi connectivity index (χ0n) is 10.6. The summed E-state index contributed by atoms with van der Waals surface area (Å²) in [6.45, 7) is 8.52. The second-order valence-electron chi connectivity index (χ2n) is 4.98. The van der Waals surface area contributed by atoms with Gasteiger partial charge in [-0.25, -0.2) is 0 Å². The van der Waals surface area contributed by atoms with Crippen LogP contribution in [0.1, 0.15) is 27.7 Å². The topological polar surface area (TPSA) is 24.7 Å². The summed E-state index contributed by atoms with van der Waals surface area (Å²) >= 11 is 0. The summed E-state index contributed by atoms with van der Waals surface area (Å²) in [6, 6.07) is 0. The molecule has 0 N–H and O–H groups in total. The van der Waals surface area contributed by atoms with E-state index in [1.807, 2.05) is 7.05 Å². The van der Waals surface area contributed by atoms with Crippen LogP contribution in [0.25, 0.3) is 0 Å². The lowest BCUT2D eigenvalue weighted by atomic mass is 9.85. The fourth-order valence-electron chi connectivity index (χ4n) is 2.27. The molecular formula is C14H18N2. The Bertz CT molecular complexity index is 483. The van der Waals surface area contributed by atoms with Gasteiger partial charge >= 0.3 is 0 Å². The van der Waals surface area contributed by atoms with Gasteiger partial charge in [0.2, 0.25) is 0 Å². The Hall–Kier alpha value is -1.44. The molecule has 0 fully saturated rings. The quantitative estimate of drug-likeness (QED) is 0.553. The van der Waals surface area contributed by atoms with Crippen molar-refractivity contribution in [1.29, 1.82) is 0 Å². The second kappa shape index (κ2) is 3.55. The Morgan fingerprint density at radius 2 is 1.81 bits per heavy atom. The molecule has 0 unspecified atom stereocenters. The van der Waals surface area contributed by atoms with E-state index in [-0.39, 0.29) is 5.54 Å². The van der Waals surface area contributed by atoms with Crippen molar-refractivity contribution in [3.8, 4) is 0 Å². The van der Waals surface area contributed by atoms with E-state index in [9.17, 15) is 0 Å². The number of nitrogens with zero attached hydrogens (tertiary/aromatic N) is 2. The Morgan fingerprint density at radius 3 is 2.44 bits per heavy atom. The molecule has 0 amide bonds. The average Bonchev–Trinajstić information content (AvgIpc) is 2.18. The zero-order valence-corrected chi connectivity index (χ0v) is 10.6. The van der Waals surface area contributed by atoms with Crippen LogP contribution < -0.4 is 0 Å². The first-order valence-electron chi connectivity index (χ1n) is 5.60. The van der Waals surface area contributed by atoms with E-state index in [1.165, 1.54) is 16.7 Å². The average molecular weight is 214 g/mol. The van der Waals surface area contributed by atoms with Gasteiger partial charge in [-0.3, -0.25) is 9.98 Å². The molecule has 0 atom stereocenters. The van der Waals surface area contributed by atoms with Crippen LogP contribution in [-0.2, 0) is 0 Å². The molecule has 2 aliphatic rings. The van der Waals surface area contributed by atoms with Crippen molar-refractivity contribution >= 4 is 11.4 Å². The van der Waals surface area contributed by atoms with Crippen LogP contribution in [-0.4, -0.2) is 24.0 Å². The molecule has 0 saturated carbocycles. The van der Waals surface area contributed by atoms with E-state index < -0.39 is 0 Å². The molecule has 0 aromatic carbocycles. The molecule has 1 heterocycles. The smallest absolute Gasteiger partial charge is 0.0744 e. The molecule has 0 radical (unpaired) electrons. The molecule has 0 bridgehead atoms. The summed E-state index contributed by atoms with van der Waals surface area (Å²) in [5.74, 6) is 0. The third-order valence-electron chi connectivity index (χ3n) is 2.94. The van der Waals surface area contributed by atoms with Crippen LogP contribution in [0.4, 0.5) is 0 Å². The normalized spacial score (nSPS) is 25.4. The maximum Gasteiger partial charge on any atom is 0.0744 e. The van der Waals surface area contributed by atoms with E-state index in [0.29, 0.717) is 0 Å². The summed E-state index contributed by atoms with van der Waals surface area (Å²) in [6.07, 6.45) is 6.43. The molecule has 2 nitrogen and oxygen atoms in total. The predicted molar refractivity (Wildman–Crippen MR) is 70.5 cm³/mol. The van der Waals surface area contributed by atoms with Crippen LogP contribution in [0.3, 0.4) is 0 Å². The van der Waals surface area contributed by atoms with Gasteiger partial charge < -0.3 is 0 Å². The summed E-state index contributed by atoms with van der Waals surface area (Å²) in [5.41, 5.74) is 5.78. The van der Waals surface area contributed by atoms with Gasteiger partial charge in [0.1, 0.15) is 0 Å². The van der Waals surface area contributed by atoms with Crippen molar-refractivity contribution in [2.24, 2.45) is 9.98 Å². The summed E-state index contributed by atoms with van der Waals surface area (Å²) in [7, 11) is 1.82. The largest absolute Gasteiger partial charge is 0.289 e. The Balaban J connectivity index is 2.58. The Morgan fingerprint density at radius 1 is 1.12 bits per heavy atom. The fraction of sp³-hybridized carbons (Fsp3) is 0.429. The molecule has 0 spiro atoms. The number of aliphatic imine (C=N–C) groups is 2. The molecule has 84 valence electrons. The lowest BCUT2D eigenvalue weighted by molar-refractivity contribution is 0.647. The zero-order chi connectivity index (χ0) is 11.9. The van der Waals surface area contributed by atoms with Gasteiger partial charge in [0.05, 0.1) is 17.0 Å². The van der Waals surface area contributed by atoms with Crippen molar-refractivity contribution in [2.75, 3.05) is 7.05 Å². The highest BCUT2D eigenvalue weighted by atomic mass is 14.9. The maximum atomic E-state index is 4.79. The predicted octanol–water partition coefficient (Wildman–Crippen LogP) is 3.12. The van der Waals surface area contributed by atoms with E-state index in [1.54, 1.807) is 0 Å². The molecule has 0 aromatic rings. The number of hydrogen-bond donors (Lipinski definition) is 0. The van der Waals surface area contributed by atoms with Crippen LogP contribution in [0.2, 0.25) is 0 Å². The number of rotatable bonds is 0. The second-order valence-corrected chi connectivity index (χ2v) is 4.98. The molecule has 1 aliphatic heterocycles. The SMILES string of the molecule is CN=C1C=C(C)C2=NC(C)(C)C=C(C)C2=C1. The van der Waals surface area contributed by atoms with Crippen LogP contribution >= 0.6 is 0 Å². The first kappa shape index (κ1) is 11.1. The third-order valence-corrected chi connectivity index (χ3v) is 2.94. The van der Waals surface area contributed by atoms with E-state index in [4.69, 9.17) is 4.99 Å². The first-order chi connectivity index (χ1) is 7.43. The highest BCUT2D eigenvalue weighted by molar-refractivity contribution is 6.26. The number of allylic oxidation sites excluding steroid dienone is 5. The minimum absolute atomic E-state index is 0.0906. The Labute approximate surface area is 97.2 Å². The molecule has 0 saturated heterocycles. The Kier molecular flexibility index (Phi) is 2.45. The highest BCUT2D eigenvalue weighted by Gasteiger charge is 2.26. The van der Waals surface area contributed by atoms with E-state index in [2.05, 4.69) is 50.9 Å². The molecular weight excluding hydrogens is 196 g/mol. The van der Waals surface area contributed by atoms with Gasteiger partial charge in [-0.05, 0) is 51.0 Å². The molecule has 2 rings (SSSR count). The lowest BCUT2D eigenvalue weighted by Crippen LogP contribution is -2.26. The van der Waals surface area contributed by atoms with Crippen LogP contribution in [0, 0.1) is 0 Å². The third kappa shape index (κ3) is 1.80. The highest BCUT2D eigenvalue weighted by Crippen LogP contribution is 2.30. The van der Waals surface area contributed by atoms with Gasteiger partial charge in [-0.1, -0.05) is 6.08 Å². The van der Waals surface area contributed by atoms with Crippen LogP contribution in [0.15, 0.2) is 44.9 Å². The van der Waals surface area contributed by atoms with E-state index >= 15 is 0 Å². The molecule has 2 heteroatoms. The molecule has 16 heavy (non-hydrogen) atoms. The van der Waals surface area contributed by atoms with Gasteiger partial charge in [-0.2, -0.15) is 0 Å². The minimum atomic E-state index is -0.0906. The monoisotopic (exact) mass is 214 g/mol.